The van der Waals surface area contributed by atoms with Crippen molar-refractivity contribution in [2.45, 2.75) is 41.0 Å². The molecule has 0 aliphatic carbocycles. The molecule has 0 aliphatic heterocycles. The molecule has 0 aliphatic rings. The molecule has 1 unspecified atom stereocenters. The minimum absolute atomic E-state index is 0.00353. The normalized spacial score (nSPS) is 13.6. The monoisotopic (exact) mass is 229 g/mol. The van der Waals surface area contributed by atoms with Crippen molar-refractivity contribution in [3.63, 3.8) is 0 Å². The minimum Gasteiger partial charge on any atom is -0.481 e. The minimum atomic E-state index is -0.835. The van der Waals surface area contributed by atoms with Gasteiger partial charge < -0.3 is 10.4 Å². The van der Waals surface area contributed by atoms with Crippen LogP contribution in [0.25, 0.3) is 0 Å². The lowest BCUT2D eigenvalue weighted by atomic mass is 9.89. The predicted molar refractivity (Wildman–Crippen MR) is 63.0 cm³/mol. The number of rotatable bonds is 6. The van der Waals surface area contributed by atoms with Crippen LogP contribution < -0.4 is 5.32 Å². The van der Waals surface area contributed by atoms with Gasteiger partial charge in [-0.3, -0.25) is 9.59 Å². The predicted octanol–water partition coefficient (Wildman–Crippen LogP) is 1.90. The van der Waals surface area contributed by atoms with E-state index < -0.39 is 11.4 Å². The Morgan fingerprint density at radius 3 is 2.12 bits per heavy atom. The first-order chi connectivity index (χ1) is 7.18. The highest BCUT2D eigenvalue weighted by Gasteiger charge is 2.27. The van der Waals surface area contributed by atoms with Gasteiger partial charge in [-0.25, -0.2) is 0 Å². The van der Waals surface area contributed by atoms with Crippen LogP contribution >= 0.6 is 0 Å². The van der Waals surface area contributed by atoms with E-state index >= 15 is 0 Å². The molecule has 0 bridgehead atoms. The van der Waals surface area contributed by atoms with Crippen molar-refractivity contribution < 1.29 is 14.7 Å². The van der Waals surface area contributed by atoms with E-state index in [-0.39, 0.29) is 11.8 Å². The summed E-state index contributed by atoms with van der Waals surface area (Å²) in [5, 5.41) is 11.7. The summed E-state index contributed by atoms with van der Waals surface area (Å²) in [5.41, 5.74) is -0.783. The summed E-state index contributed by atoms with van der Waals surface area (Å²) in [5.74, 6) is -0.574. The molecule has 0 saturated heterocycles. The van der Waals surface area contributed by atoms with Crippen molar-refractivity contribution >= 4 is 11.9 Å². The summed E-state index contributed by atoms with van der Waals surface area (Å²) in [4.78, 5) is 22.4. The third-order valence-corrected chi connectivity index (χ3v) is 3.04. The second kappa shape index (κ2) is 5.87. The third-order valence-electron chi connectivity index (χ3n) is 3.04. The van der Waals surface area contributed by atoms with Gasteiger partial charge in [0.1, 0.15) is 0 Å². The molecule has 0 aromatic carbocycles. The first kappa shape index (κ1) is 14.9. The number of nitrogens with one attached hydrogen (secondary N) is 1. The van der Waals surface area contributed by atoms with E-state index in [2.05, 4.69) is 5.32 Å². The highest BCUT2D eigenvalue weighted by molar-refractivity contribution is 5.78. The zero-order valence-electron chi connectivity index (χ0n) is 10.8. The van der Waals surface area contributed by atoms with Gasteiger partial charge in [-0.2, -0.15) is 0 Å². The smallest absolute Gasteiger partial charge is 0.309 e. The maximum absolute atomic E-state index is 11.6. The third kappa shape index (κ3) is 4.64. The van der Waals surface area contributed by atoms with Gasteiger partial charge in [-0.15, -0.1) is 0 Å². The number of aliphatic carboxylic acids is 1. The molecule has 94 valence electrons. The maximum atomic E-state index is 11.6. The summed E-state index contributed by atoms with van der Waals surface area (Å²) < 4.78 is 0. The molecule has 1 atom stereocenters. The summed E-state index contributed by atoms with van der Waals surface area (Å²) in [6.07, 6.45) is 0.443. The Morgan fingerprint density at radius 1 is 1.25 bits per heavy atom. The van der Waals surface area contributed by atoms with Gasteiger partial charge in [0.2, 0.25) is 5.91 Å². The van der Waals surface area contributed by atoms with Crippen LogP contribution in [-0.4, -0.2) is 23.5 Å². The second-order valence-electron chi connectivity index (χ2n) is 5.26. The van der Waals surface area contributed by atoms with Crippen molar-refractivity contribution in [1.82, 2.24) is 5.32 Å². The molecule has 0 aromatic rings. The number of carbonyl (C=O) groups excluding carboxylic acids is 1. The zero-order chi connectivity index (χ0) is 12.9. The molecule has 0 fully saturated rings. The highest BCUT2D eigenvalue weighted by Crippen LogP contribution is 2.19. The van der Waals surface area contributed by atoms with E-state index in [0.29, 0.717) is 18.9 Å². The van der Waals surface area contributed by atoms with Crippen LogP contribution in [0.3, 0.4) is 0 Å². The lowest BCUT2D eigenvalue weighted by Crippen LogP contribution is -2.35. The van der Waals surface area contributed by atoms with Gasteiger partial charge in [0.15, 0.2) is 0 Å². The van der Waals surface area contributed by atoms with Crippen LogP contribution in [0.15, 0.2) is 0 Å². The lowest BCUT2D eigenvalue weighted by molar-refractivity contribution is -0.147. The van der Waals surface area contributed by atoms with E-state index in [1.165, 1.54) is 0 Å². The average Bonchev–Trinajstić information content (AvgIpc) is 2.15. The van der Waals surface area contributed by atoms with Crippen molar-refractivity contribution in [3.8, 4) is 0 Å². The Morgan fingerprint density at radius 2 is 1.75 bits per heavy atom. The van der Waals surface area contributed by atoms with E-state index in [9.17, 15) is 9.59 Å². The molecule has 0 saturated carbocycles. The molecule has 4 heteroatoms. The lowest BCUT2D eigenvalue weighted by Gasteiger charge is -2.20. The summed E-state index contributed by atoms with van der Waals surface area (Å²) in [6.45, 7) is 9.59. The molecule has 0 heterocycles. The number of hydrogen-bond acceptors (Lipinski definition) is 2. The molecular weight excluding hydrogens is 206 g/mol. The Balaban J connectivity index is 4.00. The van der Waals surface area contributed by atoms with E-state index in [4.69, 9.17) is 5.11 Å². The Kier molecular flexibility index (Phi) is 5.48. The van der Waals surface area contributed by atoms with Gasteiger partial charge in [0.05, 0.1) is 5.41 Å². The standard InChI is InChI=1S/C12H23NO3/c1-8(2)9(3)10(14)13-7-6-12(4,5)11(15)16/h8-9H,6-7H2,1-5H3,(H,13,14)(H,15,16). The Bertz CT molecular complexity index is 259. The van der Waals surface area contributed by atoms with Crippen molar-refractivity contribution in [2.75, 3.05) is 6.54 Å². The molecule has 0 aromatic heterocycles. The molecule has 1 amide bonds. The van der Waals surface area contributed by atoms with Crippen LogP contribution in [0.2, 0.25) is 0 Å². The van der Waals surface area contributed by atoms with Crippen LogP contribution in [0.1, 0.15) is 41.0 Å². The Hall–Kier alpha value is -1.06. The quantitative estimate of drug-likeness (QED) is 0.731. The zero-order valence-corrected chi connectivity index (χ0v) is 10.8. The topological polar surface area (TPSA) is 66.4 Å². The first-order valence-corrected chi connectivity index (χ1v) is 5.69. The van der Waals surface area contributed by atoms with Gasteiger partial charge in [0, 0.05) is 12.5 Å². The molecule has 0 radical (unpaired) electrons. The highest BCUT2D eigenvalue weighted by atomic mass is 16.4. The van der Waals surface area contributed by atoms with Crippen LogP contribution in [0, 0.1) is 17.3 Å². The maximum Gasteiger partial charge on any atom is 0.309 e. The average molecular weight is 229 g/mol. The van der Waals surface area contributed by atoms with Gasteiger partial charge >= 0.3 is 5.97 Å². The summed E-state index contributed by atoms with van der Waals surface area (Å²) >= 11 is 0. The Labute approximate surface area is 97.4 Å². The van der Waals surface area contributed by atoms with E-state index in [0.717, 1.165) is 0 Å². The SMILES string of the molecule is CC(C)C(C)C(=O)NCCC(C)(C)C(=O)O. The number of carbonyl (C=O) groups is 2. The molecule has 2 N–H and O–H groups in total. The molecule has 0 rings (SSSR count). The number of amides is 1. The largest absolute Gasteiger partial charge is 0.481 e. The fourth-order valence-electron chi connectivity index (χ4n) is 1.07. The second-order valence-corrected chi connectivity index (χ2v) is 5.26. The summed E-state index contributed by atoms with van der Waals surface area (Å²) in [7, 11) is 0. The first-order valence-electron chi connectivity index (χ1n) is 5.69. The van der Waals surface area contributed by atoms with Crippen molar-refractivity contribution in [3.05, 3.63) is 0 Å². The number of carboxylic acids is 1. The number of carboxylic acid groups (broad SMARTS) is 1. The van der Waals surface area contributed by atoms with E-state index in [1.807, 2.05) is 20.8 Å². The van der Waals surface area contributed by atoms with Gasteiger partial charge in [0.25, 0.3) is 0 Å². The fraction of sp³-hybridized carbons (Fsp3) is 0.833. The van der Waals surface area contributed by atoms with Crippen molar-refractivity contribution in [2.24, 2.45) is 17.3 Å². The van der Waals surface area contributed by atoms with Crippen LogP contribution in [0.4, 0.5) is 0 Å². The molecule has 4 nitrogen and oxygen atoms in total. The van der Waals surface area contributed by atoms with Crippen LogP contribution in [-0.2, 0) is 9.59 Å². The van der Waals surface area contributed by atoms with Gasteiger partial charge in [-0.05, 0) is 26.2 Å². The molecule has 16 heavy (non-hydrogen) atoms. The van der Waals surface area contributed by atoms with Crippen LogP contribution in [0.5, 0.6) is 0 Å². The summed E-state index contributed by atoms with van der Waals surface area (Å²) in [6, 6.07) is 0. The van der Waals surface area contributed by atoms with Gasteiger partial charge in [-0.1, -0.05) is 20.8 Å². The van der Waals surface area contributed by atoms with E-state index in [1.54, 1.807) is 13.8 Å². The molecular formula is C12H23NO3. The molecule has 0 spiro atoms. The number of hydrogen-bond donors (Lipinski definition) is 2. The fourth-order valence-corrected chi connectivity index (χ4v) is 1.07. The van der Waals surface area contributed by atoms with Crippen molar-refractivity contribution in [1.29, 1.82) is 0 Å².